The van der Waals surface area contributed by atoms with Crippen molar-refractivity contribution in [1.82, 2.24) is 14.8 Å². The standard InChI is InChI=1S/C12H21N3O3S/c1-11(2,3)15-9(12(4,5)18-6)13-14-10(15)19-7-8(16)17/h7H2,1-6H3,(H,16,17). The maximum Gasteiger partial charge on any atom is 0.313 e. The number of rotatable bonds is 5. The number of hydrogen-bond donors (Lipinski definition) is 1. The minimum atomic E-state index is -0.874. The molecule has 1 aromatic rings. The van der Waals surface area contributed by atoms with Crippen LogP contribution in [-0.4, -0.2) is 38.7 Å². The number of aliphatic carboxylic acids is 1. The number of carboxylic acid groups (broad SMARTS) is 1. The van der Waals surface area contributed by atoms with E-state index in [1.807, 2.05) is 39.2 Å². The zero-order valence-corrected chi connectivity index (χ0v) is 13.0. The van der Waals surface area contributed by atoms with Gasteiger partial charge in [0.2, 0.25) is 0 Å². The molecule has 0 atom stereocenters. The molecule has 0 aliphatic heterocycles. The second kappa shape index (κ2) is 5.50. The lowest BCUT2D eigenvalue weighted by Crippen LogP contribution is -2.32. The fourth-order valence-electron chi connectivity index (χ4n) is 1.58. The first-order chi connectivity index (χ1) is 8.59. The van der Waals surface area contributed by atoms with Crippen LogP contribution in [0.4, 0.5) is 0 Å². The zero-order chi connectivity index (χ0) is 14.8. The average Bonchev–Trinajstić information content (AvgIpc) is 2.70. The van der Waals surface area contributed by atoms with Gasteiger partial charge in [-0.15, -0.1) is 10.2 Å². The van der Waals surface area contributed by atoms with Crippen molar-refractivity contribution in [3.63, 3.8) is 0 Å². The molecule has 19 heavy (non-hydrogen) atoms. The summed E-state index contributed by atoms with van der Waals surface area (Å²) in [6.07, 6.45) is 0. The number of carboxylic acids is 1. The molecule has 0 aliphatic carbocycles. The van der Waals surface area contributed by atoms with Crippen molar-refractivity contribution in [2.75, 3.05) is 12.9 Å². The highest BCUT2D eigenvalue weighted by atomic mass is 32.2. The molecule has 0 spiro atoms. The third-order valence-electron chi connectivity index (χ3n) is 2.68. The molecule has 0 saturated heterocycles. The molecule has 0 fully saturated rings. The van der Waals surface area contributed by atoms with E-state index in [2.05, 4.69) is 10.2 Å². The Labute approximate surface area is 117 Å². The molecule has 0 aromatic carbocycles. The first-order valence-electron chi connectivity index (χ1n) is 5.95. The highest BCUT2D eigenvalue weighted by Gasteiger charge is 2.33. The highest BCUT2D eigenvalue weighted by Crippen LogP contribution is 2.31. The lowest BCUT2D eigenvalue weighted by Gasteiger charge is -2.30. The van der Waals surface area contributed by atoms with Gasteiger partial charge in [-0.05, 0) is 34.6 Å². The molecular weight excluding hydrogens is 266 g/mol. The predicted octanol–water partition coefficient (Wildman–Crippen LogP) is 2.09. The van der Waals surface area contributed by atoms with Crippen LogP contribution >= 0.6 is 11.8 Å². The van der Waals surface area contributed by atoms with Gasteiger partial charge in [0.25, 0.3) is 0 Å². The first kappa shape index (κ1) is 16.0. The molecular formula is C12H21N3O3S. The van der Waals surface area contributed by atoms with Gasteiger partial charge in [0, 0.05) is 12.6 Å². The molecule has 0 amide bonds. The molecule has 1 N–H and O–H groups in total. The van der Waals surface area contributed by atoms with Crippen molar-refractivity contribution in [3.8, 4) is 0 Å². The van der Waals surface area contributed by atoms with Gasteiger partial charge in [-0.1, -0.05) is 11.8 Å². The second-order valence-electron chi connectivity index (χ2n) is 5.71. The third kappa shape index (κ3) is 3.70. The van der Waals surface area contributed by atoms with Crippen LogP contribution in [0.25, 0.3) is 0 Å². The van der Waals surface area contributed by atoms with Crippen LogP contribution in [0.3, 0.4) is 0 Å². The van der Waals surface area contributed by atoms with Gasteiger partial charge in [0.05, 0.1) is 5.75 Å². The highest BCUT2D eigenvalue weighted by molar-refractivity contribution is 7.99. The topological polar surface area (TPSA) is 77.2 Å². The Bertz CT molecular complexity index is 463. The summed E-state index contributed by atoms with van der Waals surface area (Å²) in [6, 6.07) is 0. The van der Waals surface area contributed by atoms with E-state index in [4.69, 9.17) is 9.84 Å². The van der Waals surface area contributed by atoms with Crippen LogP contribution < -0.4 is 0 Å². The van der Waals surface area contributed by atoms with E-state index in [0.29, 0.717) is 11.0 Å². The molecule has 1 heterocycles. The minimum absolute atomic E-state index is 0.0401. The zero-order valence-electron chi connectivity index (χ0n) is 12.2. The Kier molecular flexibility index (Phi) is 4.63. The van der Waals surface area contributed by atoms with E-state index in [-0.39, 0.29) is 11.3 Å². The smallest absolute Gasteiger partial charge is 0.313 e. The Morgan fingerprint density at radius 2 is 1.89 bits per heavy atom. The molecule has 0 radical (unpaired) electrons. The summed E-state index contributed by atoms with van der Waals surface area (Å²) in [6.45, 7) is 9.89. The van der Waals surface area contributed by atoms with Crippen LogP contribution in [0.2, 0.25) is 0 Å². The van der Waals surface area contributed by atoms with E-state index >= 15 is 0 Å². The molecule has 0 bridgehead atoms. The summed E-state index contributed by atoms with van der Waals surface area (Å²) < 4.78 is 7.38. The molecule has 6 nitrogen and oxygen atoms in total. The predicted molar refractivity (Wildman–Crippen MR) is 73.4 cm³/mol. The molecule has 0 saturated carbocycles. The Balaban J connectivity index is 3.24. The SMILES string of the molecule is COC(C)(C)c1nnc(SCC(=O)O)n1C(C)(C)C. The number of carbonyl (C=O) groups is 1. The molecule has 0 aliphatic rings. The lowest BCUT2D eigenvalue weighted by molar-refractivity contribution is -0.133. The van der Waals surface area contributed by atoms with E-state index in [1.54, 1.807) is 7.11 Å². The number of aromatic nitrogens is 3. The van der Waals surface area contributed by atoms with Crippen LogP contribution in [0.15, 0.2) is 5.16 Å². The van der Waals surface area contributed by atoms with E-state index in [0.717, 1.165) is 11.8 Å². The molecule has 1 aromatic heterocycles. The Hall–Kier alpha value is -1.08. The molecule has 0 unspecified atom stereocenters. The summed E-state index contributed by atoms with van der Waals surface area (Å²) in [5.41, 5.74) is -0.836. The van der Waals surface area contributed by atoms with Gasteiger partial charge < -0.3 is 9.84 Å². The van der Waals surface area contributed by atoms with Gasteiger partial charge >= 0.3 is 5.97 Å². The van der Waals surface area contributed by atoms with Crippen LogP contribution in [0.1, 0.15) is 40.4 Å². The van der Waals surface area contributed by atoms with Gasteiger partial charge in [-0.25, -0.2) is 0 Å². The maximum absolute atomic E-state index is 10.7. The largest absolute Gasteiger partial charge is 0.481 e. The number of ether oxygens (including phenoxy) is 1. The normalized spacial score (nSPS) is 12.7. The van der Waals surface area contributed by atoms with E-state index in [1.165, 1.54) is 0 Å². The number of thioether (sulfide) groups is 1. The number of methoxy groups -OCH3 is 1. The number of hydrogen-bond acceptors (Lipinski definition) is 5. The molecule has 108 valence electrons. The van der Waals surface area contributed by atoms with Gasteiger partial charge in [0.1, 0.15) is 5.60 Å². The van der Waals surface area contributed by atoms with Crippen molar-refractivity contribution >= 4 is 17.7 Å². The summed E-state index contributed by atoms with van der Waals surface area (Å²) in [5.74, 6) is -0.224. The van der Waals surface area contributed by atoms with Gasteiger partial charge in [-0.2, -0.15) is 0 Å². The third-order valence-corrected chi connectivity index (χ3v) is 3.59. The quantitative estimate of drug-likeness (QED) is 0.836. The lowest BCUT2D eigenvalue weighted by atomic mass is 10.0. The van der Waals surface area contributed by atoms with E-state index < -0.39 is 11.6 Å². The van der Waals surface area contributed by atoms with Crippen LogP contribution in [-0.2, 0) is 20.7 Å². The summed E-state index contributed by atoms with van der Waals surface area (Å²) in [4.78, 5) is 10.7. The molecule has 7 heteroatoms. The van der Waals surface area contributed by atoms with Crippen LogP contribution in [0.5, 0.6) is 0 Å². The van der Waals surface area contributed by atoms with Crippen LogP contribution in [0, 0.1) is 0 Å². The Morgan fingerprint density at radius 3 is 2.32 bits per heavy atom. The second-order valence-corrected chi connectivity index (χ2v) is 6.65. The Morgan fingerprint density at radius 1 is 1.32 bits per heavy atom. The average molecular weight is 287 g/mol. The monoisotopic (exact) mass is 287 g/mol. The fraction of sp³-hybridized carbons (Fsp3) is 0.750. The fourth-order valence-corrected chi connectivity index (χ4v) is 2.42. The summed E-state index contributed by atoms with van der Waals surface area (Å²) >= 11 is 1.16. The summed E-state index contributed by atoms with van der Waals surface area (Å²) in [7, 11) is 1.62. The first-order valence-corrected chi connectivity index (χ1v) is 6.94. The van der Waals surface area contributed by atoms with Crippen molar-refractivity contribution in [3.05, 3.63) is 5.82 Å². The van der Waals surface area contributed by atoms with Crippen molar-refractivity contribution in [2.24, 2.45) is 0 Å². The van der Waals surface area contributed by atoms with Crippen molar-refractivity contribution in [1.29, 1.82) is 0 Å². The minimum Gasteiger partial charge on any atom is -0.481 e. The van der Waals surface area contributed by atoms with Gasteiger partial charge in [-0.3, -0.25) is 9.36 Å². The van der Waals surface area contributed by atoms with Crippen molar-refractivity contribution in [2.45, 2.75) is 50.9 Å². The van der Waals surface area contributed by atoms with Gasteiger partial charge in [0.15, 0.2) is 11.0 Å². The maximum atomic E-state index is 10.7. The molecule has 1 rings (SSSR count). The summed E-state index contributed by atoms with van der Waals surface area (Å²) in [5, 5.41) is 17.6. The van der Waals surface area contributed by atoms with Crippen molar-refractivity contribution < 1.29 is 14.6 Å². The number of nitrogens with zero attached hydrogens (tertiary/aromatic N) is 3. The van der Waals surface area contributed by atoms with E-state index in [9.17, 15) is 4.79 Å².